The largest absolute Gasteiger partial charge is 0.493 e. The van der Waals surface area contributed by atoms with E-state index in [2.05, 4.69) is 4.98 Å². The minimum atomic E-state index is -4.15. The smallest absolute Gasteiger partial charge is 0.389 e. The van der Waals surface area contributed by atoms with Gasteiger partial charge in [0.1, 0.15) is 5.75 Å². The van der Waals surface area contributed by atoms with E-state index < -0.39 is 12.6 Å². The summed E-state index contributed by atoms with van der Waals surface area (Å²) in [6.45, 7) is -0.279. The van der Waals surface area contributed by atoms with Crippen molar-refractivity contribution in [3.8, 4) is 5.75 Å². The lowest BCUT2D eigenvalue weighted by molar-refractivity contribution is -0.136. The van der Waals surface area contributed by atoms with Gasteiger partial charge in [0, 0.05) is 24.4 Å². The van der Waals surface area contributed by atoms with E-state index in [0.717, 1.165) is 0 Å². The van der Waals surface area contributed by atoms with Crippen molar-refractivity contribution in [2.24, 2.45) is 0 Å². The molecule has 0 radical (unpaired) electrons. The van der Waals surface area contributed by atoms with Gasteiger partial charge in [-0.25, -0.2) is 0 Å². The minimum Gasteiger partial charge on any atom is -0.493 e. The van der Waals surface area contributed by atoms with Gasteiger partial charge in [-0.15, -0.1) is 0 Å². The van der Waals surface area contributed by atoms with Gasteiger partial charge in [-0.1, -0.05) is 0 Å². The van der Waals surface area contributed by atoms with Gasteiger partial charge < -0.3 is 9.84 Å². The normalized spacial score (nSPS) is 11.5. The number of aromatic nitrogens is 1. The van der Waals surface area contributed by atoms with Gasteiger partial charge in [-0.05, 0) is 12.5 Å². The van der Waals surface area contributed by atoms with E-state index in [-0.39, 0.29) is 19.6 Å². The van der Waals surface area contributed by atoms with E-state index in [4.69, 9.17) is 9.84 Å². The average Bonchev–Trinajstić information content (AvgIpc) is 2.23. The molecule has 1 heterocycles. The lowest BCUT2D eigenvalue weighted by atomic mass is 10.2. The Morgan fingerprint density at radius 1 is 1.38 bits per heavy atom. The van der Waals surface area contributed by atoms with Crippen molar-refractivity contribution in [2.45, 2.75) is 25.6 Å². The second kappa shape index (κ2) is 5.69. The lowest BCUT2D eigenvalue weighted by Gasteiger charge is -2.10. The van der Waals surface area contributed by atoms with Crippen LogP contribution >= 0.6 is 0 Å². The molecular formula is C10H12F3NO2. The molecule has 0 aromatic carbocycles. The molecule has 0 fully saturated rings. The zero-order chi connectivity index (χ0) is 12.0. The molecule has 0 saturated carbocycles. The molecule has 0 aliphatic heterocycles. The van der Waals surface area contributed by atoms with Gasteiger partial charge in [-0.3, -0.25) is 4.98 Å². The molecule has 0 saturated heterocycles. The third kappa shape index (κ3) is 4.48. The van der Waals surface area contributed by atoms with Crippen molar-refractivity contribution < 1.29 is 23.0 Å². The molecule has 6 heteroatoms. The van der Waals surface area contributed by atoms with Crippen LogP contribution in [0.4, 0.5) is 13.2 Å². The van der Waals surface area contributed by atoms with Crippen LogP contribution in [0.15, 0.2) is 18.5 Å². The van der Waals surface area contributed by atoms with E-state index in [1.165, 1.54) is 18.5 Å². The highest BCUT2D eigenvalue weighted by atomic mass is 19.4. The Balaban J connectivity index is 2.37. The summed E-state index contributed by atoms with van der Waals surface area (Å²) in [6, 6.07) is 1.51. The van der Waals surface area contributed by atoms with E-state index in [1.807, 2.05) is 0 Å². The van der Waals surface area contributed by atoms with Crippen molar-refractivity contribution in [3.63, 3.8) is 0 Å². The Morgan fingerprint density at radius 2 is 2.12 bits per heavy atom. The number of pyridine rings is 1. The van der Waals surface area contributed by atoms with Crippen LogP contribution in [-0.4, -0.2) is 22.9 Å². The van der Waals surface area contributed by atoms with Crippen molar-refractivity contribution in [3.05, 3.63) is 24.0 Å². The minimum absolute atomic E-state index is 0.0312. The number of hydrogen-bond donors (Lipinski definition) is 1. The van der Waals surface area contributed by atoms with E-state index in [0.29, 0.717) is 11.3 Å². The number of aliphatic hydroxyl groups is 1. The topological polar surface area (TPSA) is 42.4 Å². The molecule has 90 valence electrons. The Kier molecular flexibility index (Phi) is 4.54. The maximum atomic E-state index is 11.8. The molecule has 0 bridgehead atoms. The molecule has 0 atom stereocenters. The first-order valence-corrected chi connectivity index (χ1v) is 4.76. The molecular weight excluding hydrogens is 223 g/mol. The highest BCUT2D eigenvalue weighted by Crippen LogP contribution is 2.22. The summed E-state index contributed by atoms with van der Waals surface area (Å²) in [7, 11) is 0. The molecule has 0 spiro atoms. The zero-order valence-electron chi connectivity index (χ0n) is 8.50. The van der Waals surface area contributed by atoms with Crippen LogP contribution in [0.3, 0.4) is 0 Å². The molecule has 1 aromatic heterocycles. The van der Waals surface area contributed by atoms with Gasteiger partial charge in [0.05, 0.1) is 13.2 Å². The molecule has 3 nitrogen and oxygen atoms in total. The summed E-state index contributed by atoms with van der Waals surface area (Å²) >= 11 is 0. The van der Waals surface area contributed by atoms with Crippen LogP contribution in [-0.2, 0) is 6.61 Å². The number of rotatable bonds is 5. The first kappa shape index (κ1) is 12.8. The number of nitrogens with zero attached hydrogens (tertiary/aromatic N) is 1. The quantitative estimate of drug-likeness (QED) is 0.796. The monoisotopic (exact) mass is 235 g/mol. The summed E-state index contributed by atoms with van der Waals surface area (Å²) in [5, 5.41) is 8.90. The standard InChI is InChI=1S/C10H12F3NO2/c11-10(12,13)3-1-5-16-9-2-4-14-6-8(9)7-15/h2,4,6,15H,1,3,5,7H2. The second-order valence-electron chi connectivity index (χ2n) is 3.21. The SMILES string of the molecule is OCc1cnccc1OCCCC(F)(F)F. The molecule has 1 N–H and O–H groups in total. The van der Waals surface area contributed by atoms with Gasteiger partial charge in [-0.2, -0.15) is 13.2 Å². The van der Waals surface area contributed by atoms with E-state index in [1.54, 1.807) is 0 Å². The Bertz CT molecular complexity index is 328. The van der Waals surface area contributed by atoms with E-state index in [9.17, 15) is 13.2 Å². The molecule has 0 unspecified atom stereocenters. The molecule has 16 heavy (non-hydrogen) atoms. The fourth-order valence-corrected chi connectivity index (χ4v) is 1.13. The average molecular weight is 235 g/mol. The molecule has 1 aromatic rings. The molecule has 0 aliphatic carbocycles. The van der Waals surface area contributed by atoms with Gasteiger partial charge >= 0.3 is 6.18 Å². The maximum Gasteiger partial charge on any atom is 0.389 e. The van der Waals surface area contributed by atoms with Crippen LogP contribution in [0.2, 0.25) is 0 Å². The summed E-state index contributed by atoms with van der Waals surface area (Å²) < 4.78 is 40.6. The fourth-order valence-electron chi connectivity index (χ4n) is 1.13. The third-order valence-corrected chi connectivity index (χ3v) is 1.89. The van der Waals surface area contributed by atoms with Crippen LogP contribution in [0.1, 0.15) is 18.4 Å². The second-order valence-corrected chi connectivity index (χ2v) is 3.21. The predicted molar refractivity (Wildman–Crippen MR) is 50.9 cm³/mol. The number of ether oxygens (including phenoxy) is 1. The third-order valence-electron chi connectivity index (χ3n) is 1.89. The fraction of sp³-hybridized carbons (Fsp3) is 0.500. The Hall–Kier alpha value is -1.30. The van der Waals surface area contributed by atoms with Crippen molar-refractivity contribution in [1.82, 2.24) is 4.98 Å². The first-order chi connectivity index (χ1) is 7.53. The number of halogens is 3. The molecule has 1 rings (SSSR count). The van der Waals surface area contributed by atoms with Crippen molar-refractivity contribution >= 4 is 0 Å². The van der Waals surface area contributed by atoms with Crippen LogP contribution < -0.4 is 4.74 Å². The zero-order valence-corrected chi connectivity index (χ0v) is 8.50. The number of hydrogen-bond acceptors (Lipinski definition) is 3. The van der Waals surface area contributed by atoms with E-state index >= 15 is 0 Å². The van der Waals surface area contributed by atoms with Crippen molar-refractivity contribution in [1.29, 1.82) is 0 Å². The lowest BCUT2D eigenvalue weighted by Crippen LogP contribution is -2.10. The molecule has 0 amide bonds. The Labute approximate surface area is 90.9 Å². The van der Waals surface area contributed by atoms with Gasteiger partial charge in [0.2, 0.25) is 0 Å². The van der Waals surface area contributed by atoms with Crippen LogP contribution in [0.25, 0.3) is 0 Å². The number of aliphatic hydroxyl groups excluding tert-OH is 1. The summed E-state index contributed by atoms with van der Waals surface area (Å²) in [6.07, 6.45) is -2.25. The highest BCUT2D eigenvalue weighted by molar-refractivity contribution is 5.29. The maximum absolute atomic E-state index is 11.8. The van der Waals surface area contributed by atoms with Gasteiger partial charge in [0.15, 0.2) is 0 Å². The summed E-state index contributed by atoms with van der Waals surface area (Å²) in [4.78, 5) is 3.76. The first-order valence-electron chi connectivity index (χ1n) is 4.76. The van der Waals surface area contributed by atoms with Crippen molar-refractivity contribution in [2.75, 3.05) is 6.61 Å². The van der Waals surface area contributed by atoms with Crippen LogP contribution in [0.5, 0.6) is 5.75 Å². The predicted octanol–water partition coefficient (Wildman–Crippen LogP) is 2.30. The summed E-state index contributed by atoms with van der Waals surface area (Å²) in [5.41, 5.74) is 0.467. The van der Waals surface area contributed by atoms with Crippen LogP contribution in [0, 0.1) is 0 Å². The Morgan fingerprint density at radius 3 is 2.75 bits per heavy atom. The van der Waals surface area contributed by atoms with Gasteiger partial charge in [0.25, 0.3) is 0 Å². The number of alkyl halides is 3. The molecule has 0 aliphatic rings. The summed E-state index contributed by atoms with van der Waals surface area (Å²) in [5.74, 6) is 0.375. The highest BCUT2D eigenvalue weighted by Gasteiger charge is 2.26.